The van der Waals surface area contributed by atoms with Gasteiger partial charge in [-0.25, -0.2) is 18.4 Å². The molecule has 0 saturated carbocycles. The van der Waals surface area contributed by atoms with Crippen molar-refractivity contribution in [3.05, 3.63) is 59.8 Å². The van der Waals surface area contributed by atoms with E-state index in [1.807, 2.05) is 41.9 Å². The molecule has 28 heavy (non-hydrogen) atoms. The number of benzene rings is 1. The van der Waals surface area contributed by atoms with Crippen molar-refractivity contribution in [2.45, 2.75) is 25.7 Å². The van der Waals surface area contributed by atoms with Crippen LogP contribution in [-0.2, 0) is 17.1 Å². The number of rotatable bonds is 4. The molecule has 1 N–H and O–H groups in total. The van der Waals surface area contributed by atoms with Crippen LogP contribution < -0.4 is 4.72 Å². The van der Waals surface area contributed by atoms with Crippen LogP contribution in [-0.4, -0.2) is 32.6 Å². The Hall–Kier alpha value is -3.20. The Morgan fingerprint density at radius 1 is 1.14 bits per heavy atom. The summed E-state index contributed by atoms with van der Waals surface area (Å²) in [5.74, 6) is 0.585. The zero-order valence-electron chi connectivity index (χ0n) is 16.0. The van der Waals surface area contributed by atoms with Crippen LogP contribution in [0.2, 0.25) is 0 Å². The number of hydrogen-bond acceptors (Lipinski definition) is 5. The molecule has 1 aromatic carbocycles. The monoisotopic (exact) mass is 396 g/mol. The summed E-state index contributed by atoms with van der Waals surface area (Å²) >= 11 is 0. The van der Waals surface area contributed by atoms with Crippen molar-refractivity contribution in [2.75, 3.05) is 4.72 Å². The van der Waals surface area contributed by atoms with Gasteiger partial charge in [-0.2, -0.15) is 5.10 Å². The van der Waals surface area contributed by atoms with Gasteiger partial charge in [-0.1, -0.05) is 12.1 Å². The van der Waals surface area contributed by atoms with Crippen LogP contribution >= 0.6 is 0 Å². The SMILES string of the molecule is Cc1ccc(-c2cn3cccnc3n2)cc1NS(=O)(=O)c1c(C)nn(C)c1C. The number of nitrogens with zero attached hydrogens (tertiary/aromatic N) is 5. The number of anilines is 1. The Balaban J connectivity index is 1.75. The predicted molar refractivity (Wildman–Crippen MR) is 107 cm³/mol. The molecular formula is C19H20N6O2S. The summed E-state index contributed by atoms with van der Waals surface area (Å²) in [5, 5.41) is 4.21. The Kier molecular flexibility index (Phi) is 4.19. The number of sulfonamides is 1. The van der Waals surface area contributed by atoms with Crippen LogP contribution in [0.25, 0.3) is 17.0 Å². The number of imidazole rings is 1. The molecule has 4 rings (SSSR count). The normalized spacial score (nSPS) is 11.9. The van der Waals surface area contributed by atoms with E-state index in [9.17, 15) is 8.42 Å². The van der Waals surface area contributed by atoms with Gasteiger partial charge in [-0.05, 0) is 38.5 Å². The van der Waals surface area contributed by atoms with Gasteiger partial charge in [-0.3, -0.25) is 13.8 Å². The molecule has 144 valence electrons. The molecule has 0 bridgehead atoms. The van der Waals surface area contributed by atoms with Crippen LogP contribution in [0, 0.1) is 20.8 Å². The van der Waals surface area contributed by atoms with E-state index in [1.165, 1.54) is 0 Å². The van der Waals surface area contributed by atoms with Crippen LogP contribution in [0.1, 0.15) is 17.0 Å². The maximum Gasteiger partial charge on any atom is 0.265 e. The number of fused-ring (bicyclic) bond motifs is 1. The average Bonchev–Trinajstić information content (AvgIpc) is 3.17. The van der Waals surface area contributed by atoms with Crippen molar-refractivity contribution in [1.29, 1.82) is 0 Å². The van der Waals surface area contributed by atoms with Gasteiger partial charge in [-0.15, -0.1) is 0 Å². The summed E-state index contributed by atoms with van der Waals surface area (Å²) < 4.78 is 32.1. The lowest BCUT2D eigenvalue weighted by Gasteiger charge is -2.12. The van der Waals surface area contributed by atoms with Gasteiger partial charge in [0.1, 0.15) is 4.90 Å². The fourth-order valence-electron chi connectivity index (χ4n) is 3.20. The summed E-state index contributed by atoms with van der Waals surface area (Å²) in [4.78, 5) is 8.93. The van der Waals surface area contributed by atoms with E-state index in [2.05, 4.69) is 19.8 Å². The molecule has 0 aliphatic rings. The molecule has 0 fully saturated rings. The van der Waals surface area contributed by atoms with Crippen LogP contribution in [0.5, 0.6) is 0 Å². The standard InChI is InChI=1S/C19H20N6O2S/c1-12-6-7-15(17-11-25-9-5-8-20-19(25)21-17)10-16(12)23-28(26,27)18-13(2)22-24(4)14(18)3/h5-11,23H,1-4H3. The molecular weight excluding hydrogens is 376 g/mol. The zero-order chi connectivity index (χ0) is 20.1. The van der Waals surface area contributed by atoms with Crippen LogP contribution in [0.3, 0.4) is 0 Å². The summed E-state index contributed by atoms with van der Waals surface area (Å²) in [5.41, 5.74) is 3.89. The number of nitrogens with one attached hydrogen (secondary N) is 1. The molecule has 0 saturated heterocycles. The molecule has 0 unspecified atom stereocenters. The summed E-state index contributed by atoms with van der Waals surface area (Å²) in [6, 6.07) is 7.39. The third kappa shape index (κ3) is 3.03. The first kappa shape index (κ1) is 18.2. The summed E-state index contributed by atoms with van der Waals surface area (Å²) in [6.07, 6.45) is 5.41. The summed E-state index contributed by atoms with van der Waals surface area (Å²) in [6.45, 7) is 5.28. The maximum absolute atomic E-state index is 13.0. The Morgan fingerprint density at radius 2 is 1.93 bits per heavy atom. The van der Waals surface area contributed by atoms with Gasteiger partial charge in [0.25, 0.3) is 10.0 Å². The van der Waals surface area contributed by atoms with Gasteiger partial charge in [0.2, 0.25) is 5.78 Å². The van der Waals surface area contributed by atoms with Crippen molar-refractivity contribution in [3.8, 4) is 11.3 Å². The van der Waals surface area contributed by atoms with Crippen molar-refractivity contribution in [3.63, 3.8) is 0 Å². The molecule has 9 heteroatoms. The highest BCUT2D eigenvalue weighted by Gasteiger charge is 2.24. The quantitative estimate of drug-likeness (QED) is 0.572. The lowest BCUT2D eigenvalue weighted by molar-refractivity contribution is 0.599. The van der Waals surface area contributed by atoms with Crippen molar-refractivity contribution < 1.29 is 8.42 Å². The van der Waals surface area contributed by atoms with Gasteiger partial charge in [0.05, 0.1) is 22.8 Å². The Morgan fingerprint density at radius 3 is 2.61 bits per heavy atom. The second-order valence-corrected chi connectivity index (χ2v) is 8.33. The second kappa shape index (κ2) is 6.45. The third-order valence-corrected chi connectivity index (χ3v) is 6.34. The van der Waals surface area contributed by atoms with E-state index in [0.717, 1.165) is 11.1 Å². The first-order chi connectivity index (χ1) is 13.3. The lowest BCUT2D eigenvalue weighted by Crippen LogP contribution is -2.15. The molecule has 3 heterocycles. The molecule has 8 nitrogen and oxygen atoms in total. The number of aromatic nitrogens is 5. The Labute approximate surface area is 162 Å². The van der Waals surface area contributed by atoms with E-state index in [1.54, 1.807) is 37.8 Å². The summed E-state index contributed by atoms with van der Waals surface area (Å²) in [7, 11) is -2.04. The number of aryl methyl sites for hydroxylation is 3. The molecule has 0 amide bonds. The largest absolute Gasteiger partial charge is 0.291 e. The van der Waals surface area contributed by atoms with Gasteiger partial charge in [0.15, 0.2) is 0 Å². The predicted octanol–water partition coefficient (Wildman–Crippen LogP) is 2.86. The molecule has 0 radical (unpaired) electrons. The number of hydrogen-bond donors (Lipinski definition) is 1. The van der Waals surface area contributed by atoms with Gasteiger partial charge < -0.3 is 0 Å². The minimum atomic E-state index is -3.77. The first-order valence-corrected chi connectivity index (χ1v) is 10.2. The molecule has 0 atom stereocenters. The minimum Gasteiger partial charge on any atom is -0.291 e. The van der Waals surface area contributed by atoms with Gasteiger partial charge in [0, 0.05) is 31.2 Å². The van der Waals surface area contributed by atoms with Crippen LogP contribution in [0.15, 0.2) is 47.8 Å². The van der Waals surface area contributed by atoms with Crippen molar-refractivity contribution >= 4 is 21.5 Å². The molecule has 0 aliphatic heterocycles. The highest BCUT2D eigenvalue weighted by atomic mass is 32.2. The topological polar surface area (TPSA) is 94.2 Å². The van der Waals surface area contributed by atoms with Crippen molar-refractivity contribution in [1.82, 2.24) is 24.1 Å². The van der Waals surface area contributed by atoms with E-state index in [4.69, 9.17) is 0 Å². The van der Waals surface area contributed by atoms with E-state index in [-0.39, 0.29) is 4.90 Å². The van der Waals surface area contributed by atoms with Crippen molar-refractivity contribution in [2.24, 2.45) is 7.05 Å². The molecule has 4 aromatic rings. The van der Waals surface area contributed by atoms with Crippen LogP contribution in [0.4, 0.5) is 5.69 Å². The minimum absolute atomic E-state index is 0.205. The van der Waals surface area contributed by atoms with E-state index in [0.29, 0.717) is 28.5 Å². The van der Waals surface area contributed by atoms with Gasteiger partial charge >= 0.3 is 0 Å². The van der Waals surface area contributed by atoms with E-state index < -0.39 is 10.0 Å². The fraction of sp³-hybridized carbons (Fsp3) is 0.211. The molecule has 0 spiro atoms. The van der Waals surface area contributed by atoms with E-state index >= 15 is 0 Å². The first-order valence-electron chi connectivity index (χ1n) is 8.70. The maximum atomic E-state index is 13.0. The third-order valence-electron chi connectivity index (χ3n) is 4.72. The second-order valence-electron chi connectivity index (χ2n) is 6.71. The lowest BCUT2D eigenvalue weighted by atomic mass is 10.1. The zero-order valence-corrected chi connectivity index (χ0v) is 16.8. The average molecular weight is 396 g/mol. The Bertz CT molecular complexity index is 1270. The smallest absolute Gasteiger partial charge is 0.265 e. The fourth-order valence-corrected chi connectivity index (χ4v) is 4.76. The highest BCUT2D eigenvalue weighted by Crippen LogP contribution is 2.28. The molecule has 3 aromatic heterocycles. The highest BCUT2D eigenvalue weighted by molar-refractivity contribution is 7.92. The molecule has 0 aliphatic carbocycles.